The molecule has 3 nitrogen and oxygen atoms in total. The number of hydrogen-bond acceptors (Lipinski definition) is 3. The molecule has 0 spiro atoms. The predicted molar refractivity (Wildman–Crippen MR) is 55.5 cm³/mol. The van der Waals surface area contributed by atoms with Crippen LogP contribution in [-0.4, -0.2) is 10.5 Å². The SMILES string of the molecule is CC(C)(C)NC(C#N)c1ccccn1. The number of hydrogen-bond donors (Lipinski definition) is 1. The molecule has 0 aromatic carbocycles. The highest BCUT2D eigenvalue weighted by Gasteiger charge is 2.18. The average Bonchev–Trinajstić information content (AvgIpc) is 2.14. The summed E-state index contributed by atoms with van der Waals surface area (Å²) in [6, 6.07) is 7.45. The molecule has 0 radical (unpaired) electrons. The standard InChI is InChI=1S/C11H15N3/c1-11(2,3)14-10(8-12)9-6-4-5-7-13-9/h4-7,10,14H,1-3H3. The molecule has 0 amide bonds. The molecule has 0 saturated carbocycles. The van der Waals surface area contributed by atoms with Crippen molar-refractivity contribution in [2.24, 2.45) is 0 Å². The van der Waals surface area contributed by atoms with E-state index >= 15 is 0 Å². The normalized spacial score (nSPS) is 13.3. The van der Waals surface area contributed by atoms with Crippen molar-refractivity contribution >= 4 is 0 Å². The highest BCUT2D eigenvalue weighted by Crippen LogP contribution is 2.12. The van der Waals surface area contributed by atoms with Crippen LogP contribution < -0.4 is 5.32 Å². The molecule has 1 atom stereocenters. The Bertz CT molecular complexity index is 319. The molecule has 0 aliphatic rings. The highest BCUT2D eigenvalue weighted by atomic mass is 15.0. The minimum absolute atomic E-state index is 0.0854. The maximum absolute atomic E-state index is 8.99. The lowest BCUT2D eigenvalue weighted by molar-refractivity contribution is 0.397. The van der Waals surface area contributed by atoms with Crippen molar-refractivity contribution in [3.05, 3.63) is 30.1 Å². The van der Waals surface area contributed by atoms with Crippen LogP contribution >= 0.6 is 0 Å². The molecule has 3 heteroatoms. The van der Waals surface area contributed by atoms with Crippen LogP contribution in [-0.2, 0) is 0 Å². The molecular formula is C11H15N3. The summed E-state index contributed by atoms with van der Waals surface area (Å²) in [4.78, 5) is 4.15. The summed E-state index contributed by atoms with van der Waals surface area (Å²) < 4.78 is 0. The third kappa shape index (κ3) is 3.15. The van der Waals surface area contributed by atoms with Crippen LogP contribution in [0.3, 0.4) is 0 Å². The Kier molecular flexibility index (Phi) is 3.21. The minimum Gasteiger partial charge on any atom is -0.292 e. The zero-order valence-corrected chi connectivity index (χ0v) is 8.78. The van der Waals surface area contributed by atoms with Crippen LogP contribution in [0.1, 0.15) is 32.5 Å². The van der Waals surface area contributed by atoms with E-state index in [1.54, 1.807) is 6.20 Å². The number of nitrogens with zero attached hydrogens (tertiary/aromatic N) is 2. The second-order valence-corrected chi connectivity index (χ2v) is 4.21. The minimum atomic E-state index is -0.337. The van der Waals surface area contributed by atoms with Gasteiger partial charge in [0.15, 0.2) is 0 Å². The zero-order chi connectivity index (χ0) is 10.6. The summed E-state index contributed by atoms with van der Waals surface area (Å²) in [6.45, 7) is 6.08. The molecule has 1 aromatic rings. The lowest BCUT2D eigenvalue weighted by Gasteiger charge is -2.23. The number of nitrogens with one attached hydrogen (secondary N) is 1. The molecule has 0 saturated heterocycles. The van der Waals surface area contributed by atoms with Crippen molar-refractivity contribution in [1.82, 2.24) is 10.3 Å². The number of rotatable bonds is 2. The Morgan fingerprint density at radius 1 is 1.43 bits per heavy atom. The molecule has 1 N–H and O–H groups in total. The van der Waals surface area contributed by atoms with E-state index in [-0.39, 0.29) is 11.6 Å². The van der Waals surface area contributed by atoms with Gasteiger partial charge < -0.3 is 0 Å². The van der Waals surface area contributed by atoms with E-state index < -0.39 is 0 Å². The molecule has 1 unspecified atom stereocenters. The summed E-state index contributed by atoms with van der Waals surface area (Å²) in [5.41, 5.74) is 0.683. The highest BCUT2D eigenvalue weighted by molar-refractivity contribution is 5.16. The quantitative estimate of drug-likeness (QED) is 0.774. The van der Waals surface area contributed by atoms with Crippen LogP contribution in [0, 0.1) is 11.3 Å². The first kappa shape index (κ1) is 10.7. The van der Waals surface area contributed by atoms with Crippen LogP contribution in [0.15, 0.2) is 24.4 Å². The van der Waals surface area contributed by atoms with Crippen molar-refractivity contribution in [2.75, 3.05) is 0 Å². The maximum Gasteiger partial charge on any atom is 0.138 e. The molecule has 1 aromatic heterocycles. The van der Waals surface area contributed by atoms with Crippen molar-refractivity contribution in [1.29, 1.82) is 5.26 Å². The second kappa shape index (κ2) is 4.21. The first-order valence-electron chi connectivity index (χ1n) is 4.61. The van der Waals surface area contributed by atoms with Gasteiger partial charge in [-0.1, -0.05) is 6.07 Å². The van der Waals surface area contributed by atoms with Gasteiger partial charge in [0.05, 0.1) is 11.8 Å². The van der Waals surface area contributed by atoms with Gasteiger partial charge in [-0.3, -0.25) is 10.3 Å². The Hall–Kier alpha value is -1.40. The van der Waals surface area contributed by atoms with E-state index in [0.29, 0.717) is 0 Å². The maximum atomic E-state index is 8.99. The Morgan fingerprint density at radius 2 is 2.14 bits per heavy atom. The van der Waals surface area contributed by atoms with Crippen LogP contribution in [0.2, 0.25) is 0 Å². The van der Waals surface area contributed by atoms with Crippen molar-refractivity contribution < 1.29 is 0 Å². The summed E-state index contributed by atoms with van der Waals surface area (Å²) in [6.07, 6.45) is 1.70. The molecule has 74 valence electrons. The van der Waals surface area contributed by atoms with Gasteiger partial charge in [0.1, 0.15) is 6.04 Å². The van der Waals surface area contributed by atoms with E-state index in [2.05, 4.69) is 16.4 Å². The number of pyridine rings is 1. The predicted octanol–water partition coefficient (Wildman–Crippen LogP) is 2.03. The van der Waals surface area contributed by atoms with E-state index in [4.69, 9.17) is 5.26 Å². The van der Waals surface area contributed by atoms with Gasteiger partial charge in [0.2, 0.25) is 0 Å². The largest absolute Gasteiger partial charge is 0.292 e. The first-order valence-corrected chi connectivity index (χ1v) is 4.61. The zero-order valence-electron chi connectivity index (χ0n) is 8.78. The lowest BCUT2D eigenvalue weighted by Crippen LogP contribution is -2.38. The molecule has 1 heterocycles. The average molecular weight is 189 g/mol. The fourth-order valence-corrected chi connectivity index (χ4v) is 1.15. The van der Waals surface area contributed by atoms with Gasteiger partial charge in [-0.05, 0) is 32.9 Å². The monoisotopic (exact) mass is 189 g/mol. The fraction of sp³-hybridized carbons (Fsp3) is 0.455. The Balaban J connectivity index is 2.80. The lowest BCUT2D eigenvalue weighted by atomic mass is 10.1. The molecule has 0 fully saturated rings. The van der Waals surface area contributed by atoms with E-state index in [0.717, 1.165) is 5.69 Å². The van der Waals surface area contributed by atoms with Gasteiger partial charge in [-0.25, -0.2) is 0 Å². The molecule has 0 aliphatic heterocycles. The van der Waals surface area contributed by atoms with Crippen molar-refractivity contribution in [3.63, 3.8) is 0 Å². The third-order valence-electron chi connectivity index (χ3n) is 1.69. The van der Waals surface area contributed by atoms with Gasteiger partial charge >= 0.3 is 0 Å². The van der Waals surface area contributed by atoms with E-state index in [1.165, 1.54) is 0 Å². The second-order valence-electron chi connectivity index (χ2n) is 4.21. The molecular weight excluding hydrogens is 174 g/mol. The molecule has 0 bridgehead atoms. The van der Waals surface area contributed by atoms with Crippen LogP contribution in [0.5, 0.6) is 0 Å². The van der Waals surface area contributed by atoms with Crippen molar-refractivity contribution in [2.45, 2.75) is 32.4 Å². The first-order chi connectivity index (χ1) is 6.53. The van der Waals surface area contributed by atoms with Crippen LogP contribution in [0.4, 0.5) is 0 Å². The van der Waals surface area contributed by atoms with E-state index in [9.17, 15) is 0 Å². The Morgan fingerprint density at radius 3 is 2.57 bits per heavy atom. The molecule has 1 rings (SSSR count). The summed E-state index contributed by atoms with van der Waals surface area (Å²) in [5, 5.41) is 12.2. The molecule has 14 heavy (non-hydrogen) atoms. The topological polar surface area (TPSA) is 48.7 Å². The summed E-state index contributed by atoms with van der Waals surface area (Å²) >= 11 is 0. The van der Waals surface area contributed by atoms with Crippen molar-refractivity contribution in [3.8, 4) is 6.07 Å². The van der Waals surface area contributed by atoms with Gasteiger partial charge in [0, 0.05) is 11.7 Å². The van der Waals surface area contributed by atoms with E-state index in [1.807, 2.05) is 39.0 Å². The summed E-state index contributed by atoms with van der Waals surface area (Å²) in [7, 11) is 0. The van der Waals surface area contributed by atoms with Crippen LogP contribution in [0.25, 0.3) is 0 Å². The van der Waals surface area contributed by atoms with Gasteiger partial charge in [-0.15, -0.1) is 0 Å². The fourth-order valence-electron chi connectivity index (χ4n) is 1.15. The number of nitriles is 1. The smallest absolute Gasteiger partial charge is 0.138 e. The third-order valence-corrected chi connectivity index (χ3v) is 1.69. The molecule has 0 aliphatic carbocycles. The number of aromatic nitrogens is 1. The van der Waals surface area contributed by atoms with Gasteiger partial charge in [0.25, 0.3) is 0 Å². The summed E-state index contributed by atoms with van der Waals surface area (Å²) in [5.74, 6) is 0. The van der Waals surface area contributed by atoms with Gasteiger partial charge in [-0.2, -0.15) is 5.26 Å². The Labute approximate surface area is 84.8 Å².